The number of hydrogen-bond acceptors (Lipinski definition) is 12. The molecular weight excluding hydrogens is 580 g/mol. The molecule has 0 aliphatic heterocycles. The van der Waals surface area contributed by atoms with Crippen LogP contribution in [-0.2, 0) is 38.4 Å². The van der Waals surface area contributed by atoms with Crippen molar-refractivity contribution in [1.82, 2.24) is 21.3 Å². The van der Waals surface area contributed by atoms with Gasteiger partial charge in [-0.15, -0.1) is 0 Å². The third-order valence-corrected chi connectivity index (χ3v) is 7.73. The van der Waals surface area contributed by atoms with Crippen LogP contribution in [-0.4, -0.2) is 117 Å². The minimum Gasteiger partial charge on any atom is -0.480 e. The second-order valence-corrected chi connectivity index (χ2v) is 10.6. The van der Waals surface area contributed by atoms with Crippen molar-refractivity contribution in [2.45, 2.75) is 48.3 Å². The van der Waals surface area contributed by atoms with E-state index >= 15 is 0 Å². The molecule has 0 spiro atoms. The van der Waals surface area contributed by atoms with E-state index in [9.17, 15) is 38.4 Å². The molecule has 0 fully saturated rings. The maximum absolute atomic E-state index is 12.5. The summed E-state index contributed by atoms with van der Waals surface area (Å²) in [6, 6.07) is -2.57. The molecule has 0 aliphatic rings. The summed E-state index contributed by atoms with van der Waals surface area (Å²) in [6.45, 7) is -2.24. The van der Waals surface area contributed by atoms with Gasteiger partial charge in [-0.3, -0.25) is 38.4 Å². The molecule has 0 saturated heterocycles. The highest BCUT2D eigenvalue weighted by Gasteiger charge is 2.27. The van der Waals surface area contributed by atoms with Crippen LogP contribution in [0.5, 0.6) is 0 Å². The second-order valence-electron chi connectivity index (χ2n) is 7.97. The molecule has 0 radical (unpaired) electrons. The van der Waals surface area contributed by atoms with Gasteiger partial charge in [-0.2, -0.15) is 0 Å². The SMILES string of the molecule is NC(CCC(=O)NCC(SSC(CNC(=O)CCC(N)C(=O)O)C(=O)NCC(=O)O)C(=O)NCC(=O)O)C(=O)O. The Balaban J connectivity index is 5.35. The summed E-state index contributed by atoms with van der Waals surface area (Å²) in [4.78, 5) is 92.4. The van der Waals surface area contributed by atoms with E-state index in [1.807, 2.05) is 0 Å². The van der Waals surface area contributed by atoms with Gasteiger partial charge in [-0.05, 0) is 12.8 Å². The summed E-state index contributed by atoms with van der Waals surface area (Å²) in [5.41, 5.74) is 10.7. The molecule has 12 N–H and O–H groups in total. The van der Waals surface area contributed by atoms with Crippen LogP contribution in [0.3, 0.4) is 0 Å². The minimum atomic E-state index is -1.35. The number of aliphatic carboxylic acids is 4. The zero-order valence-corrected chi connectivity index (χ0v) is 22.6. The van der Waals surface area contributed by atoms with Crippen molar-refractivity contribution >= 4 is 69.1 Å². The molecule has 0 heterocycles. The van der Waals surface area contributed by atoms with Crippen LogP contribution in [0.2, 0.25) is 0 Å². The number of amides is 4. The number of nitrogens with one attached hydrogen (secondary N) is 4. The number of carbonyl (C=O) groups excluding carboxylic acids is 4. The number of carbonyl (C=O) groups is 8. The minimum absolute atomic E-state index is 0.193. The predicted octanol–water partition coefficient (Wildman–Crippen LogP) is -3.88. The van der Waals surface area contributed by atoms with Gasteiger partial charge in [0.05, 0.1) is 0 Å². The van der Waals surface area contributed by atoms with E-state index < -0.39 is 83.2 Å². The van der Waals surface area contributed by atoms with Gasteiger partial charge in [0.2, 0.25) is 23.6 Å². The van der Waals surface area contributed by atoms with Crippen molar-refractivity contribution in [2.75, 3.05) is 26.2 Å². The lowest BCUT2D eigenvalue weighted by Crippen LogP contribution is -2.44. The molecule has 226 valence electrons. The normalized spacial score (nSPS) is 13.6. The van der Waals surface area contributed by atoms with E-state index in [1.54, 1.807) is 0 Å². The summed E-state index contributed by atoms with van der Waals surface area (Å²) in [6.07, 6.45) is -0.956. The Morgan fingerprint density at radius 1 is 0.575 bits per heavy atom. The fraction of sp³-hybridized carbons (Fsp3) is 0.600. The third kappa shape index (κ3) is 17.1. The summed E-state index contributed by atoms with van der Waals surface area (Å²) in [7, 11) is 1.44. The van der Waals surface area contributed by atoms with Crippen molar-refractivity contribution in [2.24, 2.45) is 11.5 Å². The highest BCUT2D eigenvalue weighted by molar-refractivity contribution is 8.77. The van der Waals surface area contributed by atoms with E-state index in [2.05, 4.69) is 21.3 Å². The smallest absolute Gasteiger partial charge is 0.322 e. The lowest BCUT2D eigenvalue weighted by atomic mass is 10.1. The molecule has 0 aromatic carbocycles. The highest BCUT2D eigenvalue weighted by Crippen LogP contribution is 2.31. The molecule has 20 heteroatoms. The molecule has 0 bridgehead atoms. The fourth-order valence-electron chi connectivity index (χ4n) is 2.44. The number of carboxylic acids is 4. The second kappa shape index (κ2) is 19.4. The summed E-state index contributed by atoms with van der Waals surface area (Å²) in [5, 5.41) is 41.9. The van der Waals surface area contributed by atoms with E-state index in [4.69, 9.17) is 31.9 Å². The standard InChI is InChI=1S/C20H32N6O12S2/c21-9(19(35)36)1-3-13(27)23-5-11(17(33)25-7-15(29)30)39-40-12(18(34)26-8-16(31)32)6-24-14(28)4-2-10(22)20(37)38/h9-12H,1-8,21-22H2,(H,23,27)(H,24,28)(H,25,33)(H,26,34)(H,29,30)(H,31,32)(H,35,36)(H,37,38). The molecule has 18 nitrogen and oxygen atoms in total. The van der Waals surface area contributed by atoms with Gasteiger partial charge in [-0.1, -0.05) is 21.6 Å². The molecule has 4 amide bonds. The Labute approximate surface area is 235 Å². The average molecular weight is 613 g/mol. The molecule has 4 atom stereocenters. The Morgan fingerprint density at radius 2 is 0.900 bits per heavy atom. The fourth-order valence-corrected chi connectivity index (χ4v) is 5.09. The zero-order chi connectivity index (χ0) is 30.8. The first-order valence-corrected chi connectivity index (χ1v) is 13.7. The predicted molar refractivity (Wildman–Crippen MR) is 140 cm³/mol. The van der Waals surface area contributed by atoms with Crippen molar-refractivity contribution < 1.29 is 58.8 Å². The van der Waals surface area contributed by atoms with Crippen LogP contribution in [0.25, 0.3) is 0 Å². The molecular formula is C20H32N6O12S2. The van der Waals surface area contributed by atoms with Gasteiger partial charge in [0.15, 0.2) is 0 Å². The van der Waals surface area contributed by atoms with Crippen LogP contribution in [0.1, 0.15) is 25.7 Å². The first-order chi connectivity index (χ1) is 18.6. The maximum Gasteiger partial charge on any atom is 0.322 e. The van der Waals surface area contributed by atoms with Crippen LogP contribution in [0.4, 0.5) is 0 Å². The Morgan fingerprint density at radius 3 is 1.18 bits per heavy atom. The van der Waals surface area contributed by atoms with Gasteiger partial charge < -0.3 is 53.2 Å². The first-order valence-electron chi connectivity index (χ1n) is 11.4. The largest absolute Gasteiger partial charge is 0.480 e. The molecule has 40 heavy (non-hydrogen) atoms. The topological polar surface area (TPSA) is 318 Å². The molecule has 0 rings (SSSR count). The van der Waals surface area contributed by atoms with Gasteiger partial charge in [-0.25, -0.2) is 0 Å². The van der Waals surface area contributed by atoms with Crippen molar-refractivity contribution in [1.29, 1.82) is 0 Å². The Bertz CT molecular complexity index is 879. The highest BCUT2D eigenvalue weighted by atomic mass is 33.1. The van der Waals surface area contributed by atoms with Gasteiger partial charge in [0.25, 0.3) is 0 Å². The Kier molecular flexibility index (Phi) is 17.7. The van der Waals surface area contributed by atoms with Crippen LogP contribution in [0, 0.1) is 0 Å². The number of carboxylic acid groups (broad SMARTS) is 4. The van der Waals surface area contributed by atoms with E-state index in [1.165, 1.54) is 0 Å². The molecule has 0 aliphatic carbocycles. The summed E-state index contributed by atoms with van der Waals surface area (Å²) < 4.78 is 0. The van der Waals surface area contributed by atoms with Crippen molar-refractivity contribution in [3.8, 4) is 0 Å². The molecule has 0 aromatic rings. The Hall–Kier alpha value is -3.62. The van der Waals surface area contributed by atoms with E-state index in [-0.39, 0.29) is 38.8 Å². The van der Waals surface area contributed by atoms with Crippen molar-refractivity contribution in [3.05, 3.63) is 0 Å². The van der Waals surface area contributed by atoms with Crippen LogP contribution in [0.15, 0.2) is 0 Å². The monoisotopic (exact) mass is 612 g/mol. The third-order valence-electron chi connectivity index (χ3n) is 4.67. The van der Waals surface area contributed by atoms with Crippen LogP contribution < -0.4 is 32.7 Å². The lowest BCUT2D eigenvalue weighted by molar-refractivity contribution is -0.139. The lowest BCUT2D eigenvalue weighted by Gasteiger charge is -2.20. The number of hydrogen-bond donors (Lipinski definition) is 10. The van der Waals surface area contributed by atoms with E-state index in [0.717, 1.165) is 21.6 Å². The maximum atomic E-state index is 12.5. The van der Waals surface area contributed by atoms with Gasteiger partial charge in [0.1, 0.15) is 35.7 Å². The summed E-state index contributed by atoms with van der Waals surface area (Å²) in [5.74, 6) is -8.30. The van der Waals surface area contributed by atoms with Gasteiger partial charge in [0, 0.05) is 25.9 Å². The number of nitrogens with two attached hydrogens (primary N) is 2. The van der Waals surface area contributed by atoms with Crippen LogP contribution >= 0.6 is 21.6 Å². The first kappa shape index (κ1) is 36.4. The molecule has 0 saturated carbocycles. The average Bonchev–Trinajstić information content (AvgIpc) is 2.88. The summed E-state index contributed by atoms with van der Waals surface area (Å²) >= 11 is 0. The quantitative estimate of drug-likeness (QED) is 0.0554. The zero-order valence-electron chi connectivity index (χ0n) is 21.0. The van der Waals surface area contributed by atoms with E-state index in [0.29, 0.717) is 0 Å². The molecule has 0 aromatic heterocycles. The molecule has 4 unspecified atom stereocenters. The number of rotatable bonds is 21. The van der Waals surface area contributed by atoms with Crippen molar-refractivity contribution in [3.63, 3.8) is 0 Å². The van der Waals surface area contributed by atoms with Gasteiger partial charge >= 0.3 is 23.9 Å².